The Morgan fingerprint density at radius 1 is 0.963 bits per heavy atom. The standard InChI is InChI=1S/C25H42O2/c1-16(5-6-17(2)26)21-9-10-22-20-8-7-18-15-19(27)11-13-24(18,3)23(20)12-14-25(21,22)4/h16-18,20-23,26H,5-15H2,1-4H3/t16-,17?,18-,20+,21-,22+,23+,24+,25-/m1/s1. The zero-order chi connectivity index (χ0) is 19.4. The molecule has 1 unspecified atom stereocenters. The molecule has 0 spiro atoms. The van der Waals surface area contributed by atoms with Crippen LogP contribution in [-0.2, 0) is 4.79 Å². The third-order valence-corrected chi connectivity index (χ3v) is 10.3. The molecule has 0 aromatic heterocycles. The molecule has 4 saturated carbocycles. The van der Waals surface area contributed by atoms with Crippen molar-refractivity contribution in [1.29, 1.82) is 0 Å². The molecule has 4 aliphatic carbocycles. The molecule has 0 aromatic rings. The number of hydrogen-bond acceptors (Lipinski definition) is 2. The largest absolute Gasteiger partial charge is 0.393 e. The lowest BCUT2D eigenvalue weighted by molar-refractivity contribution is -0.140. The van der Waals surface area contributed by atoms with Crippen molar-refractivity contribution < 1.29 is 9.90 Å². The van der Waals surface area contributed by atoms with Crippen molar-refractivity contribution in [2.75, 3.05) is 0 Å². The number of hydrogen-bond donors (Lipinski definition) is 1. The molecule has 27 heavy (non-hydrogen) atoms. The first-order valence-corrected chi connectivity index (χ1v) is 12.0. The van der Waals surface area contributed by atoms with Gasteiger partial charge < -0.3 is 5.11 Å². The maximum absolute atomic E-state index is 12.1. The summed E-state index contributed by atoms with van der Waals surface area (Å²) in [6.07, 6.45) is 13.2. The van der Waals surface area contributed by atoms with Gasteiger partial charge in [0, 0.05) is 12.8 Å². The topological polar surface area (TPSA) is 37.3 Å². The first-order chi connectivity index (χ1) is 12.8. The molecule has 4 rings (SSSR count). The molecule has 9 atom stereocenters. The highest BCUT2D eigenvalue weighted by Crippen LogP contribution is 2.68. The lowest BCUT2D eigenvalue weighted by atomic mass is 9.44. The van der Waals surface area contributed by atoms with E-state index in [2.05, 4.69) is 20.8 Å². The predicted molar refractivity (Wildman–Crippen MR) is 110 cm³/mol. The first kappa shape index (κ1) is 19.9. The Hall–Kier alpha value is -0.370. The van der Waals surface area contributed by atoms with E-state index in [0.29, 0.717) is 22.5 Å². The molecule has 4 aliphatic rings. The second-order valence-corrected chi connectivity index (χ2v) is 11.5. The van der Waals surface area contributed by atoms with Gasteiger partial charge in [0.15, 0.2) is 0 Å². The van der Waals surface area contributed by atoms with E-state index in [1.807, 2.05) is 6.92 Å². The molecule has 0 amide bonds. The van der Waals surface area contributed by atoms with Gasteiger partial charge in [0.1, 0.15) is 5.78 Å². The number of rotatable bonds is 4. The zero-order valence-electron chi connectivity index (χ0n) is 18.2. The van der Waals surface area contributed by atoms with Crippen LogP contribution in [0, 0.1) is 46.3 Å². The summed E-state index contributed by atoms with van der Waals surface area (Å²) in [7, 11) is 0. The Morgan fingerprint density at radius 2 is 1.70 bits per heavy atom. The van der Waals surface area contributed by atoms with Gasteiger partial charge in [-0.3, -0.25) is 4.79 Å². The Balaban J connectivity index is 1.51. The molecule has 0 aliphatic heterocycles. The Bertz CT molecular complexity index is 569. The number of fused-ring (bicyclic) bond motifs is 5. The molecule has 0 aromatic carbocycles. The molecule has 154 valence electrons. The van der Waals surface area contributed by atoms with Gasteiger partial charge in [-0.05, 0) is 111 Å². The van der Waals surface area contributed by atoms with Crippen molar-refractivity contribution in [3.63, 3.8) is 0 Å². The van der Waals surface area contributed by atoms with Crippen molar-refractivity contribution in [2.45, 2.75) is 104 Å². The normalized spacial score (nSPS) is 49.1. The molecule has 0 bridgehead atoms. The van der Waals surface area contributed by atoms with E-state index in [1.165, 1.54) is 44.9 Å². The molecule has 0 heterocycles. The van der Waals surface area contributed by atoms with Gasteiger partial charge >= 0.3 is 0 Å². The van der Waals surface area contributed by atoms with E-state index in [-0.39, 0.29) is 6.10 Å². The highest BCUT2D eigenvalue weighted by Gasteiger charge is 2.60. The molecular weight excluding hydrogens is 332 g/mol. The van der Waals surface area contributed by atoms with Crippen molar-refractivity contribution in [2.24, 2.45) is 46.3 Å². The first-order valence-electron chi connectivity index (χ1n) is 12.0. The quantitative estimate of drug-likeness (QED) is 0.654. The van der Waals surface area contributed by atoms with Gasteiger partial charge in [-0.2, -0.15) is 0 Å². The summed E-state index contributed by atoms with van der Waals surface area (Å²) in [6, 6.07) is 0. The van der Waals surface area contributed by atoms with Crippen LogP contribution in [-0.4, -0.2) is 17.0 Å². The maximum Gasteiger partial charge on any atom is 0.133 e. The number of carbonyl (C=O) groups is 1. The van der Waals surface area contributed by atoms with Crippen LogP contribution in [0.25, 0.3) is 0 Å². The highest BCUT2D eigenvalue weighted by atomic mass is 16.3. The molecule has 4 fully saturated rings. The minimum Gasteiger partial charge on any atom is -0.393 e. The summed E-state index contributed by atoms with van der Waals surface area (Å²) in [5, 5.41) is 9.73. The lowest BCUT2D eigenvalue weighted by Crippen LogP contribution is -2.53. The van der Waals surface area contributed by atoms with Crippen LogP contribution in [0.5, 0.6) is 0 Å². The summed E-state index contributed by atoms with van der Waals surface area (Å²) >= 11 is 0. The van der Waals surface area contributed by atoms with Gasteiger partial charge in [0.25, 0.3) is 0 Å². The van der Waals surface area contributed by atoms with Gasteiger partial charge in [-0.25, -0.2) is 0 Å². The highest BCUT2D eigenvalue weighted by molar-refractivity contribution is 5.79. The van der Waals surface area contributed by atoms with Crippen molar-refractivity contribution in [3.05, 3.63) is 0 Å². The summed E-state index contributed by atoms with van der Waals surface area (Å²) in [6.45, 7) is 9.58. The van der Waals surface area contributed by atoms with Gasteiger partial charge in [-0.1, -0.05) is 20.8 Å². The smallest absolute Gasteiger partial charge is 0.133 e. The zero-order valence-corrected chi connectivity index (χ0v) is 18.2. The molecule has 2 heteroatoms. The van der Waals surface area contributed by atoms with Crippen molar-refractivity contribution in [1.82, 2.24) is 0 Å². The summed E-state index contributed by atoms with van der Waals surface area (Å²) in [5.41, 5.74) is 0.959. The predicted octanol–water partition coefficient (Wildman–Crippen LogP) is 6.01. The van der Waals surface area contributed by atoms with Gasteiger partial charge in [0.05, 0.1) is 6.10 Å². The minimum absolute atomic E-state index is 0.155. The fourth-order valence-electron chi connectivity index (χ4n) is 8.73. The van der Waals surface area contributed by atoms with E-state index >= 15 is 0 Å². The molecular formula is C25H42O2. The van der Waals surface area contributed by atoms with Gasteiger partial charge in [0.2, 0.25) is 0 Å². The van der Waals surface area contributed by atoms with Gasteiger partial charge in [-0.15, -0.1) is 0 Å². The number of ketones is 1. The minimum atomic E-state index is -0.155. The fraction of sp³-hybridized carbons (Fsp3) is 0.960. The second-order valence-electron chi connectivity index (χ2n) is 11.5. The molecule has 0 radical (unpaired) electrons. The van der Waals surface area contributed by atoms with E-state index in [9.17, 15) is 9.90 Å². The van der Waals surface area contributed by atoms with Crippen LogP contribution in [0.15, 0.2) is 0 Å². The second kappa shape index (κ2) is 7.15. The molecule has 1 N–H and O–H groups in total. The maximum atomic E-state index is 12.1. The third kappa shape index (κ3) is 3.22. The fourth-order valence-corrected chi connectivity index (χ4v) is 8.73. The number of Topliss-reactive ketones (excluding diaryl/α,β-unsaturated/α-hetero) is 1. The van der Waals surface area contributed by atoms with Crippen LogP contribution in [0.1, 0.15) is 98.3 Å². The van der Waals surface area contributed by atoms with Crippen LogP contribution >= 0.6 is 0 Å². The average molecular weight is 375 g/mol. The summed E-state index contributed by atoms with van der Waals surface area (Å²) in [5.74, 6) is 5.48. The summed E-state index contributed by atoms with van der Waals surface area (Å²) < 4.78 is 0. The van der Waals surface area contributed by atoms with E-state index in [0.717, 1.165) is 55.3 Å². The van der Waals surface area contributed by atoms with Crippen LogP contribution in [0.4, 0.5) is 0 Å². The van der Waals surface area contributed by atoms with Crippen molar-refractivity contribution in [3.8, 4) is 0 Å². The van der Waals surface area contributed by atoms with Crippen LogP contribution in [0.2, 0.25) is 0 Å². The SMILES string of the molecule is CC(O)CC[C@@H](C)[C@H]1CC[C@H]2[C@@H]3CC[C@@H]4CC(=O)CC[C@]4(C)[C@H]3CC[C@]12C. The number of carbonyl (C=O) groups excluding carboxylic acids is 1. The molecule has 2 nitrogen and oxygen atoms in total. The van der Waals surface area contributed by atoms with E-state index in [4.69, 9.17) is 0 Å². The molecule has 0 saturated heterocycles. The Labute approximate surface area is 166 Å². The Morgan fingerprint density at radius 3 is 2.44 bits per heavy atom. The Kier molecular flexibility index (Phi) is 5.28. The number of aliphatic hydroxyl groups excluding tert-OH is 1. The van der Waals surface area contributed by atoms with Crippen LogP contribution < -0.4 is 0 Å². The third-order valence-electron chi connectivity index (χ3n) is 10.3. The lowest BCUT2D eigenvalue weighted by Gasteiger charge is -2.60. The van der Waals surface area contributed by atoms with Crippen LogP contribution in [0.3, 0.4) is 0 Å². The van der Waals surface area contributed by atoms with E-state index in [1.54, 1.807) is 0 Å². The van der Waals surface area contributed by atoms with E-state index < -0.39 is 0 Å². The number of aliphatic hydroxyl groups is 1. The van der Waals surface area contributed by atoms with Crippen molar-refractivity contribution >= 4 is 5.78 Å². The monoisotopic (exact) mass is 374 g/mol. The summed E-state index contributed by atoms with van der Waals surface area (Å²) in [4.78, 5) is 12.1. The average Bonchev–Trinajstić information content (AvgIpc) is 2.97.